The Hall–Kier alpha value is -0.930. The lowest BCUT2D eigenvalue weighted by molar-refractivity contribution is -0.110. The molecule has 0 unspecified atom stereocenters. The molecule has 0 heterocycles. The average Bonchev–Trinajstić information content (AvgIpc) is 2.07. The number of hydrogen-bond acceptors (Lipinski definition) is 3. The molecule has 0 spiro atoms. The Morgan fingerprint density at radius 2 is 1.71 bits per heavy atom. The van der Waals surface area contributed by atoms with Gasteiger partial charge in [0.2, 0.25) is 0 Å². The van der Waals surface area contributed by atoms with Crippen LogP contribution in [0.3, 0.4) is 0 Å². The van der Waals surface area contributed by atoms with Gasteiger partial charge in [0, 0.05) is 11.1 Å². The van der Waals surface area contributed by atoms with Crippen molar-refractivity contribution in [2.75, 3.05) is 0 Å². The van der Waals surface area contributed by atoms with Crippen LogP contribution in [0.4, 0.5) is 0 Å². The van der Waals surface area contributed by atoms with Crippen molar-refractivity contribution in [1.82, 2.24) is 5.06 Å². The fourth-order valence-electron chi connectivity index (χ4n) is 0.889. The van der Waals surface area contributed by atoms with E-state index in [1.165, 1.54) is 5.06 Å². The molecule has 0 amide bonds. The quantitative estimate of drug-likeness (QED) is 0.530. The van der Waals surface area contributed by atoms with Crippen LogP contribution in [0.1, 0.15) is 20.8 Å². The summed E-state index contributed by atoms with van der Waals surface area (Å²) in [4.78, 5) is 0.808. The minimum Gasteiger partial charge on any atom is -0.288 e. The summed E-state index contributed by atoms with van der Waals surface area (Å²) < 4.78 is 0. The molecule has 14 heavy (non-hydrogen) atoms. The van der Waals surface area contributed by atoms with Gasteiger partial charge in [0.1, 0.15) is 0 Å². The van der Waals surface area contributed by atoms with Crippen molar-refractivity contribution in [3.63, 3.8) is 0 Å². The Morgan fingerprint density at radius 1 is 1.21 bits per heavy atom. The van der Waals surface area contributed by atoms with Crippen LogP contribution < -0.4 is 0 Å². The third kappa shape index (κ3) is 3.09. The van der Waals surface area contributed by atoms with Gasteiger partial charge in [-0.05, 0) is 38.5 Å². The predicted octanol–water partition coefficient (Wildman–Crippen LogP) is 2.86. The molecule has 0 radical (unpaired) electrons. The lowest BCUT2D eigenvalue weighted by Gasteiger charge is -2.28. The number of nitrogens with zero attached hydrogens (tertiary/aromatic N) is 1. The van der Waals surface area contributed by atoms with Crippen molar-refractivity contribution in [3.8, 4) is 0 Å². The van der Waals surface area contributed by atoms with Gasteiger partial charge in [-0.25, -0.2) is 0 Å². The first-order valence-electron chi connectivity index (χ1n) is 4.50. The number of hydrogen-bond donors (Lipinski definition) is 1. The number of hydroxylamine groups is 2. The Bertz CT molecular complexity index is 303. The van der Waals surface area contributed by atoms with E-state index in [1.54, 1.807) is 6.20 Å². The largest absolute Gasteiger partial charge is 0.288 e. The van der Waals surface area contributed by atoms with Crippen LogP contribution in [0.25, 0.3) is 0 Å². The highest BCUT2D eigenvalue weighted by Gasteiger charge is 2.16. The van der Waals surface area contributed by atoms with Gasteiger partial charge in [-0.3, -0.25) is 10.3 Å². The first kappa shape index (κ1) is 11.1. The summed E-state index contributed by atoms with van der Waals surface area (Å²) in [5.41, 5.74) is 0.656. The van der Waals surface area contributed by atoms with Crippen molar-refractivity contribution >= 4 is 17.1 Å². The molecule has 0 saturated carbocycles. The fraction of sp³-hybridized carbons (Fsp3) is 0.364. The molecule has 1 aliphatic rings. The molecule has 1 rings (SSSR count). The van der Waals surface area contributed by atoms with Gasteiger partial charge < -0.3 is 0 Å². The molecule has 0 aromatic heterocycles. The summed E-state index contributed by atoms with van der Waals surface area (Å²) in [6.45, 7) is 5.81. The average molecular weight is 209 g/mol. The summed E-state index contributed by atoms with van der Waals surface area (Å²) in [6.07, 6.45) is 9.15. The first-order chi connectivity index (χ1) is 6.39. The van der Waals surface area contributed by atoms with Crippen molar-refractivity contribution < 1.29 is 5.21 Å². The third-order valence-electron chi connectivity index (χ3n) is 1.84. The lowest BCUT2D eigenvalue weighted by Crippen LogP contribution is -2.34. The zero-order valence-corrected chi connectivity index (χ0v) is 9.51. The van der Waals surface area contributed by atoms with Crippen LogP contribution >= 0.6 is 12.2 Å². The molecule has 0 aromatic rings. The molecule has 0 aliphatic heterocycles. The van der Waals surface area contributed by atoms with Gasteiger partial charge in [-0.1, -0.05) is 24.4 Å². The highest BCUT2D eigenvalue weighted by atomic mass is 32.1. The van der Waals surface area contributed by atoms with Crippen molar-refractivity contribution in [2.24, 2.45) is 0 Å². The minimum absolute atomic E-state index is 0.285. The van der Waals surface area contributed by atoms with Gasteiger partial charge in [0.15, 0.2) is 0 Å². The minimum atomic E-state index is -0.285. The second kappa shape index (κ2) is 4.07. The van der Waals surface area contributed by atoms with E-state index in [-0.39, 0.29) is 5.54 Å². The molecule has 1 N–H and O–H groups in total. The van der Waals surface area contributed by atoms with E-state index in [0.717, 1.165) is 10.4 Å². The van der Waals surface area contributed by atoms with Crippen molar-refractivity contribution in [3.05, 3.63) is 36.1 Å². The van der Waals surface area contributed by atoms with Crippen LogP contribution in [0.15, 0.2) is 36.1 Å². The van der Waals surface area contributed by atoms with Crippen LogP contribution in [0.5, 0.6) is 0 Å². The fourth-order valence-corrected chi connectivity index (χ4v) is 1.02. The Kier molecular flexibility index (Phi) is 3.24. The van der Waals surface area contributed by atoms with Gasteiger partial charge in [0.05, 0.1) is 5.54 Å². The van der Waals surface area contributed by atoms with Crippen LogP contribution in [-0.2, 0) is 0 Å². The predicted molar refractivity (Wildman–Crippen MR) is 62.3 cm³/mol. The SMILES string of the molecule is CC(C)(C)N(O)C=C1C=CC(=S)C=C1. The molecule has 76 valence electrons. The Balaban J connectivity index is 2.76. The molecule has 3 heteroatoms. The molecular formula is C11H15NOS. The number of allylic oxidation sites excluding steroid dienone is 5. The third-order valence-corrected chi connectivity index (χ3v) is 2.11. The van der Waals surface area contributed by atoms with Crippen LogP contribution in [-0.4, -0.2) is 20.7 Å². The molecule has 1 aliphatic carbocycles. The molecule has 0 fully saturated rings. The van der Waals surface area contributed by atoms with Crippen LogP contribution in [0, 0.1) is 0 Å². The van der Waals surface area contributed by atoms with Gasteiger partial charge >= 0.3 is 0 Å². The summed E-state index contributed by atoms with van der Waals surface area (Å²) in [5.74, 6) is 0. The highest BCUT2D eigenvalue weighted by molar-refractivity contribution is 7.81. The summed E-state index contributed by atoms with van der Waals surface area (Å²) >= 11 is 4.97. The van der Waals surface area contributed by atoms with E-state index in [9.17, 15) is 5.21 Å². The maximum absolute atomic E-state index is 9.66. The van der Waals surface area contributed by atoms with E-state index >= 15 is 0 Å². The van der Waals surface area contributed by atoms with Crippen LogP contribution in [0.2, 0.25) is 0 Å². The molecule has 0 atom stereocenters. The number of thiocarbonyl (C=S) groups is 1. The molecule has 0 bridgehead atoms. The molecular weight excluding hydrogens is 194 g/mol. The van der Waals surface area contributed by atoms with Gasteiger partial charge in [0.25, 0.3) is 0 Å². The summed E-state index contributed by atoms with van der Waals surface area (Å²) in [7, 11) is 0. The standard InChI is InChI=1S/C11H15NOS/c1-11(2,3)12(13)8-9-4-6-10(14)7-5-9/h4-8,13H,1-3H3. The summed E-state index contributed by atoms with van der Waals surface area (Å²) in [6, 6.07) is 0. The zero-order valence-electron chi connectivity index (χ0n) is 8.69. The lowest BCUT2D eigenvalue weighted by atomic mass is 10.1. The second-order valence-corrected chi connectivity index (χ2v) is 4.68. The zero-order chi connectivity index (χ0) is 10.8. The van der Waals surface area contributed by atoms with Gasteiger partial charge in [-0.15, -0.1) is 0 Å². The second-order valence-electron chi connectivity index (χ2n) is 4.21. The normalized spacial score (nSPS) is 16.0. The molecule has 2 nitrogen and oxygen atoms in total. The van der Waals surface area contributed by atoms with E-state index in [0.29, 0.717) is 0 Å². The Labute approximate surface area is 90.2 Å². The molecule has 0 aromatic carbocycles. The van der Waals surface area contributed by atoms with Crippen molar-refractivity contribution in [2.45, 2.75) is 26.3 Å². The monoisotopic (exact) mass is 209 g/mol. The van der Waals surface area contributed by atoms with Crippen molar-refractivity contribution in [1.29, 1.82) is 0 Å². The number of rotatable bonds is 1. The van der Waals surface area contributed by atoms with E-state index in [2.05, 4.69) is 0 Å². The highest BCUT2D eigenvalue weighted by Crippen LogP contribution is 2.14. The maximum Gasteiger partial charge on any atom is 0.0580 e. The van der Waals surface area contributed by atoms with E-state index < -0.39 is 0 Å². The van der Waals surface area contributed by atoms with E-state index in [1.807, 2.05) is 45.1 Å². The topological polar surface area (TPSA) is 23.5 Å². The summed E-state index contributed by atoms with van der Waals surface area (Å²) in [5, 5.41) is 10.9. The maximum atomic E-state index is 9.66. The molecule has 0 saturated heterocycles. The smallest absolute Gasteiger partial charge is 0.0580 e. The van der Waals surface area contributed by atoms with Gasteiger partial charge in [-0.2, -0.15) is 0 Å². The Morgan fingerprint density at radius 3 is 2.14 bits per heavy atom. The van der Waals surface area contributed by atoms with E-state index in [4.69, 9.17) is 12.2 Å². The first-order valence-corrected chi connectivity index (χ1v) is 4.90.